The van der Waals surface area contributed by atoms with Crippen molar-refractivity contribution >= 4 is 16.9 Å². The molecule has 24 heavy (non-hydrogen) atoms. The van der Waals surface area contributed by atoms with E-state index < -0.39 is 0 Å². The highest BCUT2D eigenvalue weighted by Gasteiger charge is 2.32. The number of ether oxygens (including phenoxy) is 1. The van der Waals surface area contributed by atoms with Gasteiger partial charge in [0.15, 0.2) is 5.76 Å². The number of amides is 1. The Morgan fingerprint density at radius 3 is 3.00 bits per heavy atom. The Kier molecular flexibility index (Phi) is 3.61. The molecule has 124 valence electrons. The van der Waals surface area contributed by atoms with E-state index in [-0.39, 0.29) is 11.9 Å². The fourth-order valence-electron chi connectivity index (χ4n) is 3.33. The molecule has 2 aromatic heterocycles. The van der Waals surface area contributed by atoms with E-state index in [1.165, 1.54) is 0 Å². The Morgan fingerprint density at radius 1 is 1.38 bits per heavy atom. The summed E-state index contributed by atoms with van der Waals surface area (Å²) in [5, 5.41) is 0.939. The minimum atomic E-state index is -0.106. The molecule has 6 heteroatoms. The van der Waals surface area contributed by atoms with Gasteiger partial charge in [-0.05, 0) is 19.1 Å². The summed E-state index contributed by atoms with van der Waals surface area (Å²) in [4.78, 5) is 19.2. The number of para-hydroxylation sites is 1. The first-order valence-corrected chi connectivity index (χ1v) is 8.02. The van der Waals surface area contributed by atoms with Gasteiger partial charge in [-0.15, -0.1) is 0 Å². The summed E-state index contributed by atoms with van der Waals surface area (Å²) in [6, 6.07) is 9.35. The smallest absolute Gasteiger partial charge is 0.290 e. The van der Waals surface area contributed by atoms with Crippen LogP contribution in [0.2, 0.25) is 0 Å². The van der Waals surface area contributed by atoms with Gasteiger partial charge in [-0.25, -0.2) is 4.98 Å². The molecule has 1 aromatic carbocycles. The summed E-state index contributed by atoms with van der Waals surface area (Å²) < 4.78 is 13.1. The number of benzene rings is 1. The summed E-state index contributed by atoms with van der Waals surface area (Å²) in [6.07, 6.45) is 1.82. The first kappa shape index (κ1) is 15.0. The second-order valence-electron chi connectivity index (χ2n) is 6.02. The van der Waals surface area contributed by atoms with Gasteiger partial charge < -0.3 is 18.6 Å². The van der Waals surface area contributed by atoms with Crippen molar-refractivity contribution in [1.82, 2.24) is 14.5 Å². The van der Waals surface area contributed by atoms with Crippen molar-refractivity contribution in [2.75, 3.05) is 13.7 Å². The number of aromatic nitrogens is 2. The van der Waals surface area contributed by atoms with E-state index in [4.69, 9.17) is 9.15 Å². The van der Waals surface area contributed by atoms with Crippen LogP contribution in [0.1, 0.15) is 35.0 Å². The minimum Gasteiger partial charge on any atom is -0.451 e. The van der Waals surface area contributed by atoms with E-state index in [1.54, 1.807) is 7.11 Å². The topological polar surface area (TPSA) is 60.5 Å². The maximum absolute atomic E-state index is 12.9. The standard InChI is InChI=1S/C18H19N3O3/c1-12-17-19-10-14(11-23-2)21(17)8-7-20(12)18(22)16-9-13-5-3-4-6-15(13)24-16/h3-6,9-10,12H,7-8,11H2,1-2H3/t12-/m1/s1. The second-order valence-corrected chi connectivity index (χ2v) is 6.02. The largest absolute Gasteiger partial charge is 0.451 e. The molecule has 3 heterocycles. The average Bonchev–Trinajstić information content (AvgIpc) is 3.20. The highest BCUT2D eigenvalue weighted by atomic mass is 16.5. The lowest BCUT2D eigenvalue weighted by Crippen LogP contribution is -2.41. The molecule has 0 aliphatic carbocycles. The third-order valence-electron chi connectivity index (χ3n) is 4.56. The normalized spacial score (nSPS) is 17.2. The van der Waals surface area contributed by atoms with Crippen LogP contribution in [0.4, 0.5) is 0 Å². The van der Waals surface area contributed by atoms with Crippen molar-refractivity contribution in [3.63, 3.8) is 0 Å². The quantitative estimate of drug-likeness (QED) is 0.743. The van der Waals surface area contributed by atoms with Gasteiger partial charge in [-0.2, -0.15) is 0 Å². The second kappa shape index (κ2) is 5.79. The van der Waals surface area contributed by atoms with Crippen LogP contribution >= 0.6 is 0 Å². The molecule has 0 saturated carbocycles. The van der Waals surface area contributed by atoms with Crippen LogP contribution in [0, 0.1) is 0 Å². The van der Waals surface area contributed by atoms with Gasteiger partial charge in [0, 0.05) is 25.6 Å². The van der Waals surface area contributed by atoms with Crippen LogP contribution in [0.25, 0.3) is 11.0 Å². The predicted molar refractivity (Wildman–Crippen MR) is 88.6 cm³/mol. The van der Waals surface area contributed by atoms with Crippen molar-refractivity contribution in [3.8, 4) is 0 Å². The van der Waals surface area contributed by atoms with Gasteiger partial charge >= 0.3 is 0 Å². The van der Waals surface area contributed by atoms with Crippen molar-refractivity contribution in [3.05, 3.63) is 53.8 Å². The number of furan rings is 1. The van der Waals surface area contributed by atoms with Gasteiger partial charge in [0.05, 0.1) is 24.5 Å². The van der Waals surface area contributed by atoms with Crippen LogP contribution in [0.3, 0.4) is 0 Å². The number of rotatable bonds is 3. The molecule has 0 fully saturated rings. The molecule has 1 aliphatic rings. The molecule has 0 N–H and O–H groups in total. The Balaban J connectivity index is 1.63. The maximum atomic E-state index is 12.9. The molecule has 1 amide bonds. The zero-order chi connectivity index (χ0) is 16.7. The van der Waals surface area contributed by atoms with Crippen LogP contribution < -0.4 is 0 Å². The Morgan fingerprint density at radius 2 is 2.21 bits per heavy atom. The number of imidazole rings is 1. The van der Waals surface area contributed by atoms with E-state index in [1.807, 2.05) is 48.4 Å². The minimum absolute atomic E-state index is 0.0961. The molecule has 0 saturated heterocycles. The highest BCUT2D eigenvalue weighted by molar-refractivity contribution is 5.96. The van der Waals surface area contributed by atoms with Crippen LogP contribution in [0.15, 0.2) is 40.9 Å². The highest BCUT2D eigenvalue weighted by Crippen LogP contribution is 2.28. The summed E-state index contributed by atoms with van der Waals surface area (Å²) in [5.74, 6) is 1.17. The monoisotopic (exact) mass is 325 g/mol. The third kappa shape index (κ3) is 2.30. The van der Waals surface area contributed by atoms with Crippen LogP contribution in [0.5, 0.6) is 0 Å². The van der Waals surface area contributed by atoms with Crippen molar-refractivity contribution < 1.29 is 13.9 Å². The number of carbonyl (C=O) groups excluding carboxylic acids is 1. The number of fused-ring (bicyclic) bond motifs is 2. The lowest BCUT2D eigenvalue weighted by Gasteiger charge is -2.33. The molecule has 0 bridgehead atoms. The molecule has 0 unspecified atom stereocenters. The maximum Gasteiger partial charge on any atom is 0.290 e. The zero-order valence-electron chi connectivity index (χ0n) is 13.7. The summed E-state index contributed by atoms with van der Waals surface area (Å²) in [5.41, 5.74) is 1.77. The number of carbonyl (C=O) groups is 1. The van der Waals surface area contributed by atoms with Crippen LogP contribution in [-0.4, -0.2) is 34.0 Å². The molecule has 6 nitrogen and oxygen atoms in total. The Labute approximate surface area is 139 Å². The van der Waals surface area contributed by atoms with E-state index >= 15 is 0 Å². The number of hydrogen-bond donors (Lipinski definition) is 0. The first-order valence-electron chi connectivity index (χ1n) is 8.02. The lowest BCUT2D eigenvalue weighted by molar-refractivity contribution is 0.0602. The molecular formula is C18H19N3O3. The van der Waals surface area contributed by atoms with Crippen molar-refractivity contribution in [2.45, 2.75) is 26.1 Å². The molecular weight excluding hydrogens is 306 g/mol. The number of hydrogen-bond acceptors (Lipinski definition) is 4. The molecule has 1 atom stereocenters. The fourth-order valence-corrected chi connectivity index (χ4v) is 3.33. The van der Waals surface area contributed by atoms with E-state index in [0.29, 0.717) is 25.5 Å². The van der Waals surface area contributed by atoms with Gasteiger partial charge in [0.2, 0.25) is 0 Å². The number of methoxy groups -OCH3 is 1. The predicted octanol–water partition coefficient (Wildman–Crippen LogP) is 2.99. The number of nitrogens with zero attached hydrogens (tertiary/aromatic N) is 3. The van der Waals surface area contributed by atoms with E-state index in [9.17, 15) is 4.79 Å². The summed E-state index contributed by atoms with van der Waals surface area (Å²) >= 11 is 0. The average molecular weight is 325 g/mol. The van der Waals surface area contributed by atoms with Crippen LogP contribution in [-0.2, 0) is 17.9 Å². The third-order valence-corrected chi connectivity index (χ3v) is 4.56. The first-order chi connectivity index (χ1) is 11.7. The van der Waals surface area contributed by atoms with Gasteiger partial charge in [0.25, 0.3) is 5.91 Å². The Hall–Kier alpha value is -2.60. The van der Waals surface area contributed by atoms with Crippen molar-refractivity contribution in [1.29, 1.82) is 0 Å². The molecule has 1 aliphatic heterocycles. The van der Waals surface area contributed by atoms with Gasteiger partial charge in [-0.3, -0.25) is 4.79 Å². The molecule has 4 rings (SSSR count). The SMILES string of the molecule is COCc1cnc2n1CCN(C(=O)c1cc3ccccc3o1)[C@@H]2C. The zero-order valence-corrected chi connectivity index (χ0v) is 13.7. The molecule has 0 spiro atoms. The lowest BCUT2D eigenvalue weighted by atomic mass is 10.2. The van der Waals surface area contributed by atoms with Gasteiger partial charge in [-0.1, -0.05) is 18.2 Å². The van der Waals surface area contributed by atoms with Crippen molar-refractivity contribution in [2.24, 2.45) is 0 Å². The molecule has 0 radical (unpaired) electrons. The Bertz CT molecular complexity index is 863. The van der Waals surface area contributed by atoms with Gasteiger partial charge in [0.1, 0.15) is 11.4 Å². The van der Waals surface area contributed by atoms with E-state index in [0.717, 1.165) is 22.5 Å². The molecule has 3 aromatic rings. The fraction of sp³-hybridized carbons (Fsp3) is 0.333. The summed E-state index contributed by atoms with van der Waals surface area (Å²) in [6.45, 7) is 3.85. The van der Waals surface area contributed by atoms with E-state index in [2.05, 4.69) is 9.55 Å². The summed E-state index contributed by atoms with van der Waals surface area (Å²) in [7, 11) is 1.67.